The molecule has 2 atom stereocenters. The van der Waals surface area contributed by atoms with Crippen molar-refractivity contribution >= 4 is 27.5 Å². The maximum Gasteiger partial charge on any atom is 0.127 e. The van der Waals surface area contributed by atoms with Crippen molar-refractivity contribution in [3.8, 4) is 5.75 Å². The molecular formula is C16H14BrClFNO. The number of benzene rings is 2. The summed E-state index contributed by atoms with van der Waals surface area (Å²) >= 11 is 9.62. The van der Waals surface area contributed by atoms with Crippen LogP contribution < -0.4 is 10.1 Å². The van der Waals surface area contributed by atoms with Gasteiger partial charge in [0.2, 0.25) is 0 Å². The first-order valence-electron chi connectivity index (χ1n) is 6.67. The Morgan fingerprint density at radius 1 is 1.24 bits per heavy atom. The number of hydrogen-bond donors (Lipinski definition) is 1. The summed E-state index contributed by atoms with van der Waals surface area (Å²) in [5, 5.41) is 3.69. The van der Waals surface area contributed by atoms with Gasteiger partial charge in [0.25, 0.3) is 0 Å². The van der Waals surface area contributed by atoms with Crippen LogP contribution in [0.2, 0.25) is 5.02 Å². The first kappa shape index (κ1) is 14.8. The predicted octanol–water partition coefficient (Wildman–Crippen LogP) is 5.03. The molecule has 0 fully saturated rings. The molecule has 0 aliphatic carbocycles. The third-order valence-corrected chi connectivity index (χ3v) is 4.55. The van der Waals surface area contributed by atoms with E-state index in [9.17, 15) is 4.39 Å². The van der Waals surface area contributed by atoms with Gasteiger partial charge in [0.1, 0.15) is 17.7 Å². The highest BCUT2D eigenvalue weighted by Crippen LogP contribution is 2.43. The maximum absolute atomic E-state index is 13.2. The zero-order chi connectivity index (χ0) is 15.0. The second-order valence-corrected chi connectivity index (χ2v) is 6.35. The summed E-state index contributed by atoms with van der Waals surface area (Å²) in [6.45, 7) is 0. The molecule has 2 aromatic carbocycles. The number of fused-ring (bicyclic) bond motifs is 1. The molecule has 1 aliphatic rings. The summed E-state index contributed by atoms with van der Waals surface area (Å²) in [5.74, 6) is 0.480. The largest absolute Gasteiger partial charge is 0.485 e. The zero-order valence-electron chi connectivity index (χ0n) is 11.4. The first-order chi connectivity index (χ1) is 10.1. The molecule has 110 valence electrons. The van der Waals surface area contributed by atoms with Gasteiger partial charge in [-0.05, 0) is 31.3 Å². The number of rotatable bonds is 2. The molecule has 2 nitrogen and oxygen atoms in total. The summed E-state index contributed by atoms with van der Waals surface area (Å²) in [6, 6.07) is 10.6. The van der Waals surface area contributed by atoms with E-state index in [1.165, 1.54) is 12.1 Å². The summed E-state index contributed by atoms with van der Waals surface area (Å²) in [6.07, 6.45) is 0.550. The quantitative estimate of drug-likeness (QED) is 0.801. The Balaban J connectivity index is 1.99. The Morgan fingerprint density at radius 3 is 2.71 bits per heavy atom. The molecule has 5 heteroatoms. The number of hydrogen-bond acceptors (Lipinski definition) is 2. The fourth-order valence-corrected chi connectivity index (χ4v) is 3.30. The van der Waals surface area contributed by atoms with Crippen molar-refractivity contribution < 1.29 is 9.13 Å². The van der Waals surface area contributed by atoms with Crippen LogP contribution in [0.15, 0.2) is 40.9 Å². The van der Waals surface area contributed by atoms with E-state index in [1.54, 1.807) is 6.07 Å². The third-order valence-electron chi connectivity index (χ3n) is 3.73. The van der Waals surface area contributed by atoms with Gasteiger partial charge in [0.15, 0.2) is 0 Å². The van der Waals surface area contributed by atoms with Gasteiger partial charge >= 0.3 is 0 Å². The van der Waals surface area contributed by atoms with E-state index in [2.05, 4.69) is 21.2 Å². The van der Waals surface area contributed by atoms with Gasteiger partial charge in [-0.1, -0.05) is 39.7 Å². The van der Waals surface area contributed by atoms with E-state index >= 15 is 0 Å². The molecule has 0 spiro atoms. The molecular weight excluding hydrogens is 357 g/mol. The zero-order valence-corrected chi connectivity index (χ0v) is 13.7. The molecule has 0 amide bonds. The second kappa shape index (κ2) is 5.95. The van der Waals surface area contributed by atoms with Gasteiger partial charge in [0, 0.05) is 28.1 Å². The van der Waals surface area contributed by atoms with Crippen molar-refractivity contribution in [1.29, 1.82) is 0 Å². The Bertz CT molecular complexity index is 679. The van der Waals surface area contributed by atoms with Gasteiger partial charge in [-0.2, -0.15) is 0 Å². The summed E-state index contributed by atoms with van der Waals surface area (Å²) in [7, 11) is 1.92. The van der Waals surface area contributed by atoms with E-state index in [0.717, 1.165) is 27.8 Å². The van der Waals surface area contributed by atoms with E-state index in [0.29, 0.717) is 5.02 Å². The van der Waals surface area contributed by atoms with Crippen molar-refractivity contribution in [2.24, 2.45) is 0 Å². The summed E-state index contributed by atoms with van der Waals surface area (Å²) < 4.78 is 20.2. The minimum Gasteiger partial charge on any atom is -0.485 e. The predicted molar refractivity (Wildman–Crippen MR) is 85.3 cm³/mol. The van der Waals surface area contributed by atoms with Crippen LogP contribution in [0.4, 0.5) is 4.39 Å². The normalized spacial score (nSPS) is 20.8. The van der Waals surface area contributed by atoms with E-state index in [1.807, 2.05) is 25.2 Å². The third kappa shape index (κ3) is 2.93. The molecule has 0 saturated heterocycles. The highest BCUT2D eigenvalue weighted by Gasteiger charge is 2.29. The Labute approximate surface area is 136 Å². The minimum absolute atomic E-state index is 0.174. The number of ether oxygens (including phenoxy) is 1. The Hall–Kier alpha value is -1.10. The van der Waals surface area contributed by atoms with E-state index < -0.39 is 0 Å². The van der Waals surface area contributed by atoms with Gasteiger partial charge in [-0.3, -0.25) is 0 Å². The van der Waals surface area contributed by atoms with Crippen molar-refractivity contribution in [1.82, 2.24) is 5.32 Å². The van der Waals surface area contributed by atoms with Crippen LogP contribution in [-0.4, -0.2) is 7.05 Å². The molecule has 21 heavy (non-hydrogen) atoms. The molecule has 1 aliphatic heterocycles. The average molecular weight is 371 g/mol. The molecule has 1 heterocycles. The lowest BCUT2D eigenvalue weighted by molar-refractivity contribution is 0.154. The molecule has 0 aromatic heterocycles. The smallest absolute Gasteiger partial charge is 0.127 e. The fraction of sp³-hybridized carbons (Fsp3) is 0.250. The highest BCUT2D eigenvalue weighted by atomic mass is 79.9. The number of nitrogens with one attached hydrogen (secondary N) is 1. The van der Waals surface area contributed by atoms with Crippen LogP contribution in [0.3, 0.4) is 0 Å². The van der Waals surface area contributed by atoms with Gasteiger partial charge in [-0.15, -0.1) is 0 Å². The van der Waals surface area contributed by atoms with Gasteiger partial charge in [-0.25, -0.2) is 4.39 Å². The SMILES string of the molecule is CNC1CC(c2ccc(F)cc2Cl)Oc2cc(Br)ccc21. The molecule has 2 unspecified atom stereocenters. The Kier molecular flexibility index (Phi) is 4.20. The summed E-state index contributed by atoms with van der Waals surface area (Å²) in [4.78, 5) is 0. The van der Waals surface area contributed by atoms with Gasteiger partial charge in [0.05, 0.1) is 5.02 Å². The topological polar surface area (TPSA) is 21.3 Å². The number of halogens is 3. The second-order valence-electron chi connectivity index (χ2n) is 5.03. The van der Waals surface area contributed by atoms with E-state index in [4.69, 9.17) is 16.3 Å². The Morgan fingerprint density at radius 2 is 2.00 bits per heavy atom. The van der Waals surface area contributed by atoms with Gasteiger partial charge < -0.3 is 10.1 Å². The molecule has 3 rings (SSSR count). The van der Waals surface area contributed by atoms with Crippen molar-refractivity contribution in [2.75, 3.05) is 7.05 Å². The lowest BCUT2D eigenvalue weighted by Gasteiger charge is -2.33. The van der Waals surface area contributed by atoms with Crippen LogP contribution in [0.25, 0.3) is 0 Å². The highest BCUT2D eigenvalue weighted by molar-refractivity contribution is 9.10. The average Bonchev–Trinajstić information content (AvgIpc) is 2.45. The van der Waals surface area contributed by atoms with Crippen molar-refractivity contribution in [3.63, 3.8) is 0 Å². The maximum atomic E-state index is 13.2. The molecule has 1 N–H and O–H groups in total. The molecule has 0 bridgehead atoms. The lowest BCUT2D eigenvalue weighted by Crippen LogP contribution is -2.26. The lowest BCUT2D eigenvalue weighted by atomic mass is 9.93. The summed E-state index contributed by atoms with van der Waals surface area (Å²) in [5.41, 5.74) is 1.93. The van der Waals surface area contributed by atoms with E-state index in [-0.39, 0.29) is 18.0 Å². The van der Waals surface area contributed by atoms with Crippen LogP contribution in [0.5, 0.6) is 5.75 Å². The van der Waals surface area contributed by atoms with Crippen LogP contribution in [0.1, 0.15) is 29.7 Å². The minimum atomic E-state index is -0.340. The van der Waals surface area contributed by atoms with Crippen LogP contribution >= 0.6 is 27.5 Å². The first-order valence-corrected chi connectivity index (χ1v) is 7.84. The van der Waals surface area contributed by atoms with Crippen LogP contribution in [0, 0.1) is 5.82 Å². The fourth-order valence-electron chi connectivity index (χ4n) is 2.67. The van der Waals surface area contributed by atoms with Crippen molar-refractivity contribution in [2.45, 2.75) is 18.6 Å². The monoisotopic (exact) mass is 369 g/mol. The van der Waals surface area contributed by atoms with Crippen molar-refractivity contribution in [3.05, 3.63) is 62.8 Å². The molecule has 2 aromatic rings. The molecule has 0 radical (unpaired) electrons. The standard InChI is InChI=1S/C16H14BrClFNO/c1-20-14-8-16(11-5-3-10(19)7-13(11)18)21-15-6-9(17)2-4-12(14)15/h2-7,14,16,20H,8H2,1H3. The molecule has 0 saturated carbocycles. The van der Waals surface area contributed by atoms with Crippen LogP contribution in [-0.2, 0) is 0 Å².